The molecule has 0 bridgehead atoms. The molecule has 0 aliphatic carbocycles. The number of hydrogen-bond acceptors (Lipinski definition) is 6. The van der Waals surface area contributed by atoms with Crippen LogP contribution in [0.25, 0.3) is 0 Å². The molecule has 0 fully saturated rings. The van der Waals surface area contributed by atoms with Crippen LogP contribution in [0.4, 0.5) is 15.8 Å². The molecule has 0 atom stereocenters. The molecule has 0 saturated heterocycles. The summed E-state index contributed by atoms with van der Waals surface area (Å²) in [4.78, 5) is 22.2. The van der Waals surface area contributed by atoms with Gasteiger partial charge in [0.15, 0.2) is 18.1 Å². The molecule has 2 aromatic rings. The number of nitrogens with zero attached hydrogens (tertiary/aromatic N) is 1. The molecule has 132 valence electrons. The average Bonchev–Trinajstić information content (AvgIpc) is 2.51. The van der Waals surface area contributed by atoms with Crippen molar-refractivity contribution in [1.82, 2.24) is 0 Å². The van der Waals surface area contributed by atoms with Crippen LogP contribution in [0.5, 0.6) is 5.75 Å². The van der Waals surface area contributed by atoms with Crippen LogP contribution in [0.15, 0.2) is 42.5 Å². The van der Waals surface area contributed by atoms with Gasteiger partial charge in [0, 0.05) is 23.4 Å². The third-order valence-electron chi connectivity index (χ3n) is 2.99. The Kier molecular flexibility index (Phi) is 5.32. The largest absolute Gasteiger partial charge is 0.478 e. The Hall–Kier alpha value is -3.01. The molecule has 0 saturated carbocycles. The number of anilines is 1. The maximum Gasteiger partial charge on any atom is 0.311 e. The number of rotatable bonds is 7. The molecule has 0 aliphatic heterocycles. The molecule has 0 radical (unpaired) electrons. The van der Waals surface area contributed by atoms with Crippen LogP contribution in [0.2, 0.25) is 0 Å². The number of nitrogens with one attached hydrogen (secondary N) is 1. The fraction of sp³-hybridized carbons (Fsp3) is 0.133. The SMILES string of the molecule is CS(=O)(=O)Nc1ccc(C(=O)COc2cc(F)ccc2[N+](=O)[O-])cc1. The fourth-order valence-corrected chi connectivity index (χ4v) is 2.48. The van der Waals surface area contributed by atoms with Gasteiger partial charge < -0.3 is 4.74 Å². The zero-order chi connectivity index (χ0) is 18.6. The normalized spacial score (nSPS) is 11.0. The number of nitro benzene ring substituents is 1. The number of carbonyl (C=O) groups is 1. The summed E-state index contributed by atoms with van der Waals surface area (Å²) in [6.45, 7) is -0.539. The summed E-state index contributed by atoms with van der Waals surface area (Å²) in [7, 11) is -3.43. The van der Waals surface area contributed by atoms with E-state index >= 15 is 0 Å². The standard InChI is InChI=1S/C15H13FN2O6S/c1-25(22,23)17-12-5-2-10(3-6-12)14(19)9-24-15-8-11(16)4-7-13(15)18(20)21/h2-8,17H,9H2,1H3. The second-order valence-electron chi connectivity index (χ2n) is 5.03. The van der Waals surface area contributed by atoms with Crippen LogP contribution in [-0.2, 0) is 10.0 Å². The third-order valence-corrected chi connectivity index (χ3v) is 3.59. The monoisotopic (exact) mass is 368 g/mol. The maximum absolute atomic E-state index is 13.2. The highest BCUT2D eigenvalue weighted by atomic mass is 32.2. The minimum atomic E-state index is -3.43. The number of ketones is 1. The molecule has 2 rings (SSSR count). The minimum Gasteiger partial charge on any atom is -0.478 e. The Labute approximate surface area is 142 Å². The van der Waals surface area contributed by atoms with E-state index in [1.807, 2.05) is 0 Å². The van der Waals surface area contributed by atoms with Gasteiger partial charge >= 0.3 is 5.69 Å². The molecule has 0 heterocycles. The summed E-state index contributed by atoms with van der Waals surface area (Å²) < 4.78 is 42.7. The van der Waals surface area contributed by atoms with E-state index in [-0.39, 0.29) is 17.0 Å². The van der Waals surface area contributed by atoms with Gasteiger partial charge in [-0.25, -0.2) is 12.8 Å². The van der Waals surface area contributed by atoms with Gasteiger partial charge in [-0.2, -0.15) is 0 Å². The van der Waals surface area contributed by atoms with Gasteiger partial charge in [-0.3, -0.25) is 19.6 Å². The zero-order valence-corrected chi connectivity index (χ0v) is 13.7. The molecule has 10 heteroatoms. The lowest BCUT2D eigenvalue weighted by atomic mass is 10.1. The highest BCUT2D eigenvalue weighted by Crippen LogP contribution is 2.27. The number of hydrogen-bond donors (Lipinski definition) is 1. The van der Waals surface area contributed by atoms with E-state index in [0.717, 1.165) is 24.5 Å². The Morgan fingerprint density at radius 2 is 1.88 bits per heavy atom. The van der Waals surface area contributed by atoms with Crippen molar-refractivity contribution >= 4 is 27.2 Å². The van der Waals surface area contributed by atoms with E-state index in [0.29, 0.717) is 0 Å². The Balaban J connectivity index is 2.08. The van der Waals surface area contributed by atoms with Crippen molar-refractivity contribution in [3.63, 3.8) is 0 Å². The van der Waals surface area contributed by atoms with E-state index in [1.165, 1.54) is 24.3 Å². The Bertz CT molecular complexity index is 912. The number of Topliss-reactive ketones (excluding diaryl/α,β-unsaturated/α-hetero) is 1. The lowest BCUT2D eigenvalue weighted by molar-refractivity contribution is -0.385. The van der Waals surface area contributed by atoms with Crippen molar-refractivity contribution < 1.29 is 27.3 Å². The molecule has 1 N–H and O–H groups in total. The number of carbonyl (C=O) groups excluding carboxylic acids is 1. The average molecular weight is 368 g/mol. The van der Waals surface area contributed by atoms with E-state index in [9.17, 15) is 27.7 Å². The first-order valence-corrected chi connectivity index (χ1v) is 8.72. The summed E-state index contributed by atoms with van der Waals surface area (Å²) in [5.41, 5.74) is 0.0285. The summed E-state index contributed by atoms with van der Waals surface area (Å²) in [5, 5.41) is 10.9. The number of halogens is 1. The highest BCUT2D eigenvalue weighted by Gasteiger charge is 2.17. The van der Waals surface area contributed by atoms with Crippen molar-refractivity contribution in [1.29, 1.82) is 0 Å². The van der Waals surface area contributed by atoms with Crippen molar-refractivity contribution in [3.05, 3.63) is 64.0 Å². The quantitative estimate of drug-likeness (QED) is 0.456. The zero-order valence-electron chi connectivity index (χ0n) is 12.9. The second-order valence-corrected chi connectivity index (χ2v) is 6.78. The minimum absolute atomic E-state index is 0.207. The van der Waals surface area contributed by atoms with Gasteiger partial charge in [0.1, 0.15) is 5.82 Å². The van der Waals surface area contributed by atoms with Crippen LogP contribution in [0.1, 0.15) is 10.4 Å². The lowest BCUT2D eigenvalue weighted by Gasteiger charge is -2.07. The summed E-state index contributed by atoms with van der Waals surface area (Å²) in [6, 6.07) is 8.21. The van der Waals surface area contributed by atoms with Crippen LogP contribution in [-0.4, -0.2) is 32.0 Å². The Morgan fingerprint density at radius 1 is 1.24 bits per heavy atom. The predicted molar refractivity (Wildman–Crippen MR) is 87.8 cm³/mol. The molecular weight excluding hydrogens is 355 g/mol. The molecule has 0 aliphatic rings. The third kappa shape index (κ3) is 5.24. The van der Waals surface area contributed by atoms with Gasteiger partial charge in [0.05, 0.1) is 11.2 Å². The van der Waals surface area contributed by atoms with Crippen LogP contribution < -0.4 is 9.46 Å². The molecular formula is C15H13FN2O6S. The molecule has 0 aromatic heterocycles. The van der Waals surface area contributed by atoms with Crippen molar-refractivity contribution in [2.45, 2.75) is 0 Å². The molecule has 2 aromatic carbocycles. The van der Waals surface area contributed by atoms with Gasteiger partial charge in [-0.15, -0.1) is 0 Å². The number of ether oxygens (including phenoxy) is 1. The maximum atomic E-state index is 13.2. The summed E-state index contributed by atoms with van der Waals surface area (Å²) in [5.74, 6) is -1.59. The lowest BCUT2D eigenvalue weighted by Crippen LogP contribution is -2.13. The first kappa shape index (κ1) is 18.3. The van der Waals surface area contributed by atoms with E-state index < -0.39 is 38.8 Å². The second kappa shape index (κ2) is 7.26. The van der Waals surface area contributed by atoms with Crippen molar-refractivity contribution in [3.8, 4) is 5.75 Å². The molecule has 25 heavy (non-hydrogen) atoms. The van der Waals surface area contributed by atoms with Crippen molar-refractivity contribution in [2.75, 3.05) is 17.6 Å². The topological polar surface area (TPSA) is 116 Å². The van der Waals surface area contributed by atoms with Gasteiger partial charge in [-0.05, 0) is 30.3 Å². The van der Waals surface area contributed by atoms with E-state index in [1.54, 1.807) is 0 Å². The van der Waals surface area contributed by atoms with E-state index in [4.69, 9.17) is 4.74 Å². The van der Waals surface area contributed by atoms with Gasteiger partial charge in [0.25, 0.3) is 0 Å². The van der Waals surface area contributed by atoms with Crippen LogP contribution >= 0.6 is 0 Å². The van der Waals surface area contributed by atoms with Crippen LogP contribution in [0.3, 0.4) is 0 Å². The number of nitro groups is 1. The smallest absolute Gasteiger partial charge is 0.311 e. The van der Waals surface area contributed by atoms with Gasteiger partial charge in [0.2, 0.25) is 10.0 Å². The first-order chi connectivity index (χ1) is 11.7. The van der Waals surface area contributed by atoms with Gasteiger partial charge in [-0.1, -0.05) is 0 Å². The summed E-state index contributed by atoms with van der Waals surface area (Å²) in [6.07, 6.45) is 0.992. The number of sulfonamides is 1. The first-order valence-electron chi connectivity index (χ1n) is 6.83. The molecule has 8 nitrogen and oxygen atoms in total. The van der Waals surface area contributed by atoms with E-state index in [2.05, 4.69) is 4.72 Å². The molecule has 0 unspecified atom stereocenters. The Morgan fingerprint density at radius 3 is 2.44 bits per heavy atom. The van der Waals surface area contributed by atoms with Crippen LogP contribution in [0, 0.1) is 15.9 Å². The molecule has 0 spiro atoms. The highest BCUT2D eigenvalue weighted by molar-refractivity contribution is 7.92. The summed E-state index contributed by atoms with van der Waals surface area (Å²) >= 11 is 0. The fourth-order valence-electron chi connectivity index (χ4n) is 1.92. The molecule has 0 amide bonds. The number of benzene rings is 2. The van der Waals surface area contributed by atoms with Crippen molar-refractivity contribution in [2.24, 2.45) is 0 Å². The predicted octanol–water partition coefficient (Wildman–Crippen LogP) is 2.37.